The van der Waals surface area contributed by atoms with Gasteiger partial charge in [-0.1, -0.05) is 13.8 Å². The van der Waals surface area contributed by atoms with Crippen LogP contribution in [0.5, 0.6) is 0 Å². The van der Waals surface area contributed by atoms with Crippen LogP contribution in [0, 0.1) is 5.92 Å². The Labute approximate surface area is 131 Å². The molecule has 1 fully saturated rings. The first kappa shape index (κ1) is 16.9. The highest BCUT2D eigenvalue weighted by Gasteiger charge is 2.24. The predicted octanol–water partition coefficient (Wildman–Crippen LogP) is 1.48. The summed E-state index contributed by atoms with van der Waals surface area (Å²) in [5.74, 6) is 0.417. The topological polar surface area (TPSA) is 61.4 Å². The van der Waals surface area contributed by atoms with Gasteiger partial charge in [-0.25, -0.2) is 13.1 Å². The van der Waals surface area contributed by atoms with Gasteiger partial charge in [0.1, 0.15) is 0 Å². The van der Waals surface area contributed by atoms with Crippen molar-refractivity contribution in [2.75, 3.05) is 26.7 Å². The highest BCUT2D eigenvalue weighted by atomic mass is 32.2. The Balaban J connectivity index is 1.97. The van der Waals surface area contributed by atoms with E-state index in [1.54, 1.807) is 6.07 Å². The van der Waals surface area contributed by atoms with Crippen molar-refractivity contribution in [3.8, 4) is 0 Å². The molecule has 21 heavy (non-hydrogen) atoms. The smallest absolute Gasteiger partial charge is 0.241 e. The van der Waals surface area contributed by atoms with Crippen molar-refractivity contribution in [2.24, 2.45) is 5.92 Å². The second kappa shape index (κ2) is 7.19. The lowest BCUT2D eigenvalue weighted by atomic mass is 10.1. The summed E-state index contributed by atoms with van der Waals surface area (Å²) < 4.78 is 27.7. The maximum Gasteiger partial charge on any atom is 0.241 e. The monoisotopic (exact) mass is 331 g/mol. The summed E-state index contributed by atoms with van der Waals surface area (Å²) in [4.78, 5) is 3.54. The van der Waals surface area contributed by atoms with E-state index in [-0.39, 0.29) is 0 Å². The molecule has 0 aromatic carbocycles. The lowest BCUT2D eigenvalue weighted by Crippen LogP contribution is -2.31. The van der Waals surface area contributed by atoms with Crippen molar-refractivity contribution in [1.29, 1.82) is 0 Å². The number of hydrogen-bond acceptors (Lipinski definition) is 5. The molecule has 1 unspecified atom stereocenters. The normalized spacial score (nSPS) is 20.5. The molecule has 0 saturated carbocycles. The molecule has 1 aromatic heterocycles. The van der Waals surface area contributed by atoms with Crippen LogP contribution < -0.4 is 10.0 Å². The van der Waals surface area contributed by atoms with Crippen molar-refractivity contribution >= 4 is 21.4 Å². The van der Waals surface area contributed by atoms with Crippen LogP contribution in [0.4, 0.5) is 0 Å². The summed E-state index contributed by atoms with van der Waals surface area (Å²) in [5, 5.41) is 5.12. The highest BCUT2D eigenvalue weighted by molar-refractivity contribution is 7.89. The van der Waals surface area contributed by atoms with Gasteiger partial charge in [0.05, 0.1) is 4.90 Å². The molecule has 1 aliphatic rings. The molecule has 1 saturated heterocycles. The van der Waals surface area contributed by atoms with Gasteiger partial charge >= 0.3 is 0 Å². The Kier molecular flexibility index (Phi) is 5.79. The number of sulfonamides is 1. The van der Waals surface area contributed by atoms with Crippen LogP contribution in [0.3, 0.4) is 0 Å². The standard InChI is InChI=1S/C14H25N3O2S2/c1-11(2)15-9-13-14(5-7-20-13)21(18,19)16-8-12-4-6-17(3)10-12/h5,7,11-12,15-16H,4,6,8-10H2,1-3H3. The molecule has 0 radical (unpaired) electrons. The molecule has 5 nitrogen and oxygen atoms in total. The van der Waals surface area contributed by atoms with Crippen LogP contribution >= 0.6 is 11.3 Å². The fraction of sp³-hybridized carbons (Fsp3) is 0.714. The Bertz CT molecular complexity index is 554. The molecule has 2 rings (SSSR count). The number of rotatable bonds is 7. The number of thiophene rings is 1. The zero-order chi connectivity index (χ0) is 15.5. The molecular weight excluding hydrogens is 306 g/mol. The maximum absolute atomic E-state index is 12.5. The minimum atomic E-state index is -3.40. The van der Waals surface area contributed by atoms with Crippen molar-refractivity contribution in [3.05, 3.63) is 16.3 Å². The van der Waals surface area contributed by atoms with Gasteiger partial charge in [-0.05, 0) is 37.4 Å². The van der Waals surface area contributed by atoms with E-state index >= 15 is 0 Å². The second-order valence-corrected chi connectivity index (χ2v) is 8.75. The Morgan fingerprint density at radius 1 is 1.48 bits per heavy atom. The van der Waals surface area contributed by atoms with Gasteiger partial charge in [0, 0.05) is 30.6 Å². The van der Waals surface area contributed by atoms with Crippen LogP contribution in [0.2, 0.25) is 0 Å². The van der Waals surface area contributed by atoms with Crippen LogP contribution in [0.25, 0.3) is 0 Å². The third-order valence-corrected chi connectivity index (χ3v) is 6.27. The molecule has 0 spiro atoms. The Morgan fingerprint density at radius 3 is 2.86 bits per heavy atom. The van der Waals surface area contributed by atoms with Crippen molar-refractivity contribution < 1.29 is 8.42 Å². The molecule has 0 bridgehead atoms. The molecule has 1 aliphatic heterocycles. The highest BCUT2D eigenvalue weighted by Crippen LogP contribution is 2.22. The van der Waals surface area contributed by atoms with E-state index in [0.29, 0.717) is 29.9 Å². The summed E-state index contributed by atoms with van der Waals surface area (Å²) in [7, 11) is -1.33. The number of nitrogens with zero attached hydrogens (tertiary/aromatic N) is 1. The quantitative estimate of drug-likeness (QED) is 0.794. The molecule has 120 valence electrons. The first-order valence-electron chi connectivity index (χ1n) is 7.36. The molecule has 2 N–H and O–H groups in total. The molecule has 1 atom stereocenters. The van der Waals surface area contributed by atoms with Crippen molar-refractivity contribution in [2.45, 2.75) is 37.8 Å². The fourth-order valence-corrected chi connectivity index (χ4v) is 5.00. The SMILES string of the molecule is CC(C)NCc1sccc1S(=O)(=O)NCC1CCN(C)C1. The summed E-state index contributed by atoms with van der Waals surface area (Å²) in [6, 6.07) is 2.04. The predicted molar refractivity (Wildman–Crippen MR) is 87.1 cm³/mol. The Hall–Kier alpha value is -0.470. The van der Waals surface area contributed by atoms with Gasteiger partial charge in [-0.2, -0.15) is 0 Å². The van der Waals surface area contributed by atoms with Gasteiger partial charge in [-0.15, -0.1) is 11.3 Å². The summed E-state index contributed by atoms with van der Waals surface area (Å²) in [6.45, 7) is 7.24. The van der Waals surface area contributed by atoms with Gasteiger partial charge in [-0.3, -0.25) is 0 Å². The van der Waals surface area contributed by atoms with E-state index in [1.165, 1.54) is 11.3 Å². The summed E-state index contributed by atoms with van der Waals surface area (Å²) in [6.07, 6.45) is 1.06. The zero-order valence-corrected chi connectivity index (χ0v) is 14.6. The van der Waals surface area contributed by atoms with E-state index in [2.05, 4.69) is 35.8 Å². The largest absolute Gasteiger partial charge is 0.310 e. The van der Waals surface area contributed by atoms with E-state index in [4.69, 9.17) is 0 Å². The maximum atomic E-state index is 12.5. The van der Waals surface area contributed by atoms with Gasteiger partial charge in [0.25, 0.3) is 0 Å². The van der Waals surface area contributed by atoms with E-state index in [9.17, 15) is 8.42 Å². The zero-order valence-electron chi connectivity index (χ0n) is 12.9. The fourth-order valence-electron chi connectivity index (χ4n) is 2.49. The third kappa shape index (κ3) is 4.75. The molecule has 0 aliphatic carbocycles. The molecule has 2 heterocycles. The minimum absolute atomic E-state index is 0.338. The van der Waals surface area contributed by atoms with Crippen LogP contribution in [0.15, 0.2) is 16.3 Å². The molecule has 1 aromatic rings. The first-order valence-corrected chi connectivity index (χ1v) is 9.72. The molecule has 0 amide bonds. The number of hydrogen-bond donors (Lipinski definition) is 2. The lowest BCUT2D eigenvalue weighted by Gasteiger charge is -2.13. The van der Waals surface area contributed by atoms with Crippen molar-refractivity contribution in [3.63, 3.8) is 0 Å². The summed E-state index contributed by atoms with van der Waals surface area (Å²) >= 11 is 1.49. The van der Waals surface area contributed by atoms with Gasteiger partial charge in [0.15, 0.2) is 0 Å². The van der Waals surface area contributed by atoms with Crippen LogP contribution in [0.1, 0.15) is 25.1 Å². The number of nitrogens with one attached hydrogen (secondary N) is 2. The first-order chi connectivity index (χ1) is 9.88. The number of likely N-dealkylation sites (tertiary alicyclic amines) is 1. The van der Waals surface area contributed by atoms with E-state index in [1.807, 2.05) is 5.38 Å². The van der Waals surface area contributed by atoms with Gasteiger partial charge in [0.2, 0.25) is 10.0 Å². The van der Waals surface area contributed by atoms with E-state index < -0.39 is 10.0 Å². The average molecular weight is 332 g/mol. The second-order valence-electron chi connectivity index (χ2n) is 6.01. The minimum Gasteiger partial charge on any atom is -0.310 e. The Morgan fingerprint density at radius 2 is 2.24 bits per heavy atom. The van der Waals surface area contributed by atoms with Crippen LogP contribution in [-0.2, 0) is 16.6 Å². The molecular formula is C14H25N3O2S2. The lowest BCUT2D eigenvalue weighted by molar-refractivity contribution is 0.394. The average Bonchev–Trinajstić information content (AvgIpc) is 3.03. The summed E-state index contributed by atoms with van der Waals surface area (Å²) in [5.41, 5.74) is 0. The van der Waals surface area contributed by atoms with Crippen molar-refractivity contribution in [1.82, 2.24) is 14.9 Å². The third-order valence-electron chi connectivity index (χ3n) is 3.72. The molecule has 7 heteroatoms. The van der Waals surface area contributed by atoms with E-state index in [0.717, 1.165) is 24.4 Å². The van der Waals surface area contributed by atoms with Gasteiger partial charge < -0.3 is 10.2 Å². The van der Waals surface area contributed by atoms with Crippen LogP contribution in [-0.4, -0.2) is 46.0 Å².